The Kier molecular flexibility index (Phi) is 4.86. The van der Waals surface area contributed by atoms with Crippen molar-refractivity contribution in [2.24, 2.45) is 5.73 Å². The minimum absolute atomic E-state index is 0.0261. The van der Waals surface area contributed by atoms with Crippen molar-refractivity contribution in [3.05, 3.63) is 0 Å². The Labute approximate surface area is 68.6 Å². The third kappa shape index (κ3) is 4.79. The zero-order chi connectivity index (χ0) is 8.85. The van der Waals surface area contributed by atoms with E-state index >= 15 is 0 Å². The first-order chi connectivity index (χ1) is 5.07. The van der Waals surface area contributed by atoms with Gasteiger partial charge in [0.25, 0.3) is 0 Å². The van der Waals surface area contributed by atoms with Crippen molar-refractivity contribution in [1.29, 1.82) is 0 Å². The van der Waals surface area contributed by atoms with E-state index < -0.39 is 0 Å². The van der Waals surface area contributed by atoms with Crippen LogP contribution < -0.4 is 5.73 Å². The summed E-state index contributed by atoms with van der Waals surface area (Å²) in [6.45, 7) is 4.72. The number of hydrogen-bond acceptors (Lipinski definition) is 2. The Morgan fingerprint density at radius 3 is 2.55 bits per heavy atom. The molecule has 0 spiro atoms. The number of carbonyl (C=O) groups is 1. The maximum atomic E-state index is 11.2. The molecule has 2 N–H and O–H groups in total. The highest BCUT2D eigenvalue weighted by molar-refractivity contribution is 5.76. The molecule has 0 aromatic rings. The van der Waals surface area contributed by atoms with Crippen LogP contribution in [-0.2, 0) is 4.79 Å². The van der Waals surface area contributed by atoms with Crippen LogP contribution in [0.4, 0.5) is 0 Å². The molecule has 1 amide bonds. The van der Waals surface area contributed by atoms with Crippen LogP contribution >= 0.6 is 0 Å². The van der Waals surface area contributed by atoms with E-state index in [0.29, 0.717) is 6.42 Å². The fourth-order valence-electron chi connectivity index (χ4n) is 0.891. The summed E-state index contributed by atoms with van der Waals surface area (Å²) >= 11 is 0. The second-order valence-corrected chi connectivity index (χ2v) is 3.00. The molecule has 0 aromatic carbocycles. The SMILES string of the molecule is CCCN(C)C(=O)CC(C)N. The lowest BCUT2D eigenvalue weighted by Crippen LogP contribution is -2.32. The van der Waals surface area contributed by atoms with Gasteiger partial charge in [-0.25, -0.2) is 0 Å². The summed E-state index contributed by atoms with van der Waals surface area (Å²) in [5, 5.41) is 0. The number of rotatable bonds is 4. The minimum atomic E-state index is -0.0261. The Bertz CT molecular complexity index is 123. The van der Waals surface area contributed by atoms with Crippen LogP contribution in [0, 0.1) is 0 Å². The molecule has 11 heavy (non-hydrogen) atoms. The Hall–Kier alpha value is -0.570. The van der Waals surface area contributed by atoms with Crippen molar-refractivity contribution in [2.75, 3.05) is 13.6 Å². The van der Waals surface area contributed by atoms with Crippen LogP contribution in [0.2, 0.25) is 0 Å². The Balaban J connectivity index is 3.64. The first-order valence-electron chi connectivity index (χ1n) is 4.07. The standard InChI is InChI=1S/C8H18N2O/c1-4-5-10(3)8(11)6-7(2)9/h7H,4-6,9H2,1-3H3. The van der Waals surface area contributed by atoms with E-state index in [2.05, 4.69) is 6.92 Å². The van der Waals surface area contributed by atoms with Crippen LogP contribution in [0.5, 0.6) is 0 Å². The summed E-state index contributed by atoms with van der Waals surface area (Å²) in [6.07, 6.45) is 1.46. The molecular weight excluding hydrogens is 140 g/mol. The summed E-state index contributed by atoms with van der Waals surface area (Å²) in [4.78, 5) is 12.9. The van der Waals surface area contributed by atoms with Gasteiger partial charge in [0.2, 0.25) is 5.91 Å². The lowest BCUT2D eigenvalue weighted by Gasteiger charge is -2.16. The van der Waals surface area contributed by atoms with Gasteiger partial charge >= 0.3 is 0 Å². The average molecular weight is 158 g/mol. The maximum absolute atomic E-state index is 11.2. The first-order valence-corrected chi connectivity index (χ1v) is 4.07. The molecule has 0 aromatic heterocycles. The second kappa shape index (κ2) is 5.13. The van der Waals surface area contributed by atoms with Crippen molar-refractivity contribution in [3.63, 3.8) is 0 Å². The second-order valence-electron chi connectivity index (χ2n) is 3.00. The van der Waals surface area contributed by atoms with Gasteiger partial charge in [-0.1, -0.05) is 6.92 Å². The number of nitrogens with zero attached hydrogens (tertiary/aromatic N) is 1. The van der Waals surface area contributed by atoms with Gasteiger partial charge < -0.3 is 10.6 Å². The Morgan fingerprint density at radius 1 is 1.64 bits per heavy atom. The predicted molar refractivity (Wildman–Crippen MR) is 46.2 cm³/mol. The van der Waals surface area contributed by atoms with Crippen LogP contribution in [0.25, 0.3) is 0 Å². The van der Waals surface area contributed by atoms with Crippen LogP contribution in [0.3, 0.4) is 0 Å². The molecular formula is C8H18N2O. The molecule has 0 aliphatic carbocycles. The van der Waals surface area contributed by atoms with Gasteiger partial charge in [-0.15, -0.1) is 0 Å². The molecule has 3 heteroatoms. The van der Waals surface area contributed by atoms with Gasteiger partial charge in [-0.05, 0) is 13.3 Å². The van der Waals surface area contributed by atoms with E-state index in [-0.39, 0.29) is 11.9 Å². The maximum Gasteiger partial charge on any atom is 0.223 e. The molecule has 0 radical (unpaired) electrons. The van der Waals surface area contributed by atoms with Crippen molar-refractivity contribution < 1.29 is 4.79 Å². The lowest BCUT2D eigenvalue weighted by atomic mass is 10.2. The highest BCUT2D eigenvalue weighted by atomic mass is 16.2. The molecule has 0 bridgehead atoms. The molecule has 0 heterocycles. The zero-order valence-electron chi connectivity index (χ0n) is 7.63. The molecule has 0 saturated carbocycles. The van der Waals surface area contributed by atoms with Gasteiger partial charge in [-0.2, -0.15) is 0 Å². The van der Waals surface area contributed by atoms with E-state index in [0.717, 1.165) is 13.0 Å². The number of carbonyl (C=O) groups excluding carboxylic acids is 1. The van der Waals surface area contributed by atoms with Crippen molar-refractivity contribution in [1.82, 2.24) is 4.90 Å². The molecule has 3 nitrogen and oxygen atoms in total. The topological polar surface area (TPSA) is 46.3 Å². The molecule has 0 aliphatic heterocycles. The Morgan fingerprint density at radius 2 is 2.18 bits per heavy atom. The normalized spacial score (nSPS) is 12.7. The van der Waals surface area contributed by atoms with Gasteiger partial charge in [0.15, 0.2) is 0 Å². The largest absolute Gasteiger partial charge is 0.346 e. The van der Waals surface area contributed by atoms with Crippen molar-refractivity contribution in [2.45, 2.75) is 32.7 Å². The summed E-state index contributed by atoms with van der Waals surface area (Å²) in [5.41, 5.74) is 5.48. The number of hydrogen-bond donors (Lipinski definition) is 1. The molecule has 66 valence electrons. The monoisotopic (exact) mass is 158 g/mol. The molecule has 0 aliphatic rings. The minimum Gasteiger partial charge on any atom is -0.346 e. The van der Waals surface area contributed by atoms with Crippen molar-refractivity contribution >= 4 is 5.91 Å². The third-order valence-corrected chi connectivity index (χ3v) is 1.48. The van der Waals surface area contributed by atoms with E-state index in [1.807, 2.05) is 14.0 Å². The highest BCUT2D eigenvalue weighted by Gasteiger charge is 2.08. The molecule has 0 saturated heterocycles. The van der Waals surface area contributed by atoms with E-state index in [9.17, 15) is 4.79 Å². The highest BCUT2D eigenvalue weighted by Crippen LogP contribution is 1.94. The van der Waals surface area contributed by atoms with E-state index in [4.69, 9.17) is 5.73 Å². The molecule has 0 rings (SSSR count). The zero-order valence-corrected chi connectivity index (χ0v) is 7.63. The van der Waals surface area contributed by atoms with Gasteiger partial charge in [0.05, 0.1) is 0 Å². The summed E-state index contributed by atoms with van der Waals surface area (Å²) in [7, 11) is 1.81. The van der Waals surface area contributed by atoms with Gasteiger partial charge in [-0.3, -0.25) is 4.79 Å². The van der Waals surface area contributed by atoms with E-state index in [1.165, 1.54) is 0 Å². The van der Waals surface area contributed by atoms with Crippen molar-refractivity contribution in [3.8, 4) is 0 Å². The number of nitrogens with two attached hydrogens (primary N) is 1. The summed E-state index contributed by atoms with van der Waals surface area (Å²) in [6, 6.07) is -0.0261. The predicted octanol–water partition coefficient (Wildman–Crippen LogP) is 0.592. The first kappa shape index (κ1) is 10.4. The number of amides is 1. The summed E-state index contributed by atoms with van der Waals surface area (Å²) in [5.74, 6) is 0.141. The summed E-state index contributed by atoms with van der Waals surface area (Å²) < 4.78 is 0. The fourth-order valence-corrected chi connectivity index (χ4v) is 0.891. The average Bonchev–Trinajstić information content (AvgIpc) is 1.86. The van der Waals surface area contributed by atoms with Gasteiger partial charge in [0.1, 0.15) is 0 Å². The smallest absolute Gasteiger partial charge is 0.223 e. The van der Waals surface area contributed by atoms with Crippen LogP contribution in [0.1, 0.15) is 26.7 Å². The fraction of sp³-hybridized carbons (Fsp3) is 0.875. The lowest BCUT2D eigenvalue weighted by molar-refractivity contribution is -0.130. The molecule has 0 fully saturated rings. The third-order valence-electron chi connectivity index (χ3n) is 1.48. The van der Waals surface area contributed by atoms with Crippen LogP contribution in [-0.4, -0.2) is 30.4 Å². The van der Waals surface area contributed by atoms with Crippen LogP contribution in [0.15, 0.2) is 0 Å². The molecule has 1 atom stereocenters. The molecule has 1 unspecified atom stereocenters. The van der Waals surface area contributed by atoms with E-state index in [1.54, 1.807) is 4.90 Å². The van der Waals surface area contributed by atoms with Gasteiger partial charge in [0, 0.05) is 26.1 Å². The quantitative estimate of drug-likeness (QED) is 0.651.